The van der Waals surface area contributed by atoms with E-state index >= 15 is 0 Å². The number of rotatable bonds is 2. The van der Waals surface area contributed by atoms with E-state index in [-0.39, 0.29) is 5.78 Å². The molecule has 0 fully saturated rings. The molecule has 2 aromatic rings. The van der Waals surface area contributed by atoms with Crippen LogP contribution in [-0.2, 0) is 4.79 Å². The average Bonchev–Trinajstić information content (AvgIpc) is 2.83. The summed E-state index contributed by atoms with van der Waals surface area (Å²) in [5.41, 5.74) is 6.49. The van der Waals surface area contributed by atoms with Crippen molar-refractivity contribution in [3.63, 3.8) is 0 Å². The zero-order valence-electron chi connectivity index (χ0n) is 12.3. The Morgan fingerprint density at radius 1 is 1.20 bits per heavy atom. The van der Waals surface area contributed by atoms with Gasteiger partial charge >= 0.3 is 0 Å². The van der Waals surface area contributed by atoms with Gasteiger partial charge in [0.2, 0.25) is 0 Å². The molecule has 0 aliphatic rings. The maximum atomic E-state index is 10.5. The SMILES string of the molecule is CC.CC(=O)/C=C(\C)N.O=Cc1csc2ccccc12. The van der Waals surface area contributed by atoms with Crippen molar-refractivity contribution in [2.45, 2.75) is 27.7 Å². The second-order valence-corrected chi connectivity index (χ2v) is 4.72. The number of nitrogens with two attached hydrogens (primary N) is 1. The van der Waals surface area contributed by atoms with Crippen LogP contribution in [-0.4, -0.2) is 12.1 Å². The zero-order valence-corrected chi connectivity index (χ0v) is 13.2. The maximum absolute atomic E-state index is 10.5. The highest BCUT2D eigenvalue weighted by Crippen LogP contribution is 2.23. The molecule has 20 heavy (non-hydrogen) atoms. The Kier molecular flexibility index (Phi) is 8.96. The van der Waals surface area contributed by atoms with Gasteiger partial charge in [-0.2, -0.15) is 0 Å². The second-order valence-electron chi connectivity index (χ2n) is 3.80. The lowest BCUT2D eigenvalue weighted by atomic mass is 10.2. The summed E-state index contributed by atoms with van der Waals surface area (Å²) in [5, 5.41) is 2.95. The molecule has 4 heteroatoms. The molecule has 1 heterocycles. The van der Waals surface area contributed by atoms with Gasteiger partial charge < -0.3 is 5.73 Å². The van der Waals surface area contributed by atoms with Crippen molar-refractivity contribution in [3.05, 3.63) is 47.0 Å². The lowest BCUT2D eigenvalue weighted by Crippen LogP contribution is -1.93. The van der Waals surface area contributed by atoms with Crippen LogP contribution < -0.4 is 5.73 Å². The summed E-state index contributed by atoms with van der Waals surface area (Å²) in [7, 11) is 0. The van der Waals surface area contributed by atoms with Gasteiger partial charge in [-0.05, 0) is 26.0 Å². The van der Waals surface area contributed by atoms with Gasteiger partial charge in [0, 0.05) is 26.7 Å². The van der Waals surface area contributed by atoms with Gasteiger partial charge in [-0.15, -0.1) is 11.3 Å². The first-order chi connectivity index (χ1) is 9.54. The first-order valence-corrected chi connectivity index (χ1v) is 7.28. The molecule has 0 saturated carbocycles. The van der Waals surface area contributed by atoms with Gasteiger partial charge in [0.1, 0.15) is 0 Å². The molecule has 0 atom stereocenters. The van der Waals surface area contributed by atoms with Crippen LogP contribution in [0.15, 0.2) is 41.4 Å². The zero-order chi connectivity index (χ0) is 15.5. The number of aldehydes is 1. The summed E-state index contributed by atoms with van der Waals surface area (Å²) in [6, 6.07) is 7.91. The van der Waals surface area contributed by atoms with Crippen molar-refractivity contribution in [3.8, 4) is 0 Å². The summed E-state index contributed by atoms with van der Waals surface area (Å²) in [6.45, 7) is 7.15. The summed E-state index contributed by atoms with van der Waals surface area (Å²) in [5.74, 6) is 0.000000000000000444. The molecule has 0 radical (unpaired) electrons. The first-order valence-electron chi connectivity index (χ1n) is 6.40. The van der Waals surface area contributed by atoms with Gasteiger partial charge in [0.05, 0.1) is 0 Å². The van der Waals surface area contributed by atoms with E-state index in [1.54, 1.807) is 18.3 Å². The van der Waals surface area contributed by atoms with Crippen LogP contribution >= 0.6 is 11.3 Å². The molecule has 2 rings (SSSR count). The summed E-state index contributed by atoms with van der Waals surface area (Å²) < 4.78 is 1.18. The Bertz CT molecular complexity index is 581. The van der Waals surface area contributed by atoms with Gasteiger partial charge in [-0.25, -0.2) is 0 Å². The normalized spacial score (nSPS) is 9.90. The number of allylic oxidation sites excluding steroid dienone is 2. The number of thiophene rings is 1. The lowest BCUT2D eigenvalue weighted by molar-refractivity contribution is -0.112. The highest BCUT2D eigenvalue weighted by atomic mass is 32.1. The number of hydrogen-bond donors (Lipinski definition) is 1. The van der Waals surface area contributed by atoms with E-state index in [2.05, 4.69) is 0 Å². The van der Waals surface area contributed by atoms with Crippen LogP contribution in [0.2, 0.25) is 0 Å². The van der Waals surface area contributed by atoms with Gasteiger partial charge in [-0.3, -0.25) is 9.59 Å². The molecule has 0 amide bonds. The fourth-order valence-corrected chi connectivity index (χ4v) is 2.32. The van der Waals surface area contributed by atoms with Crippen LogP contribution in [0.4, 0.5) is 0 Å². The fraction of sp³-hybridized carbons (Fsp3) is 0.250. The monoisotopic (exact) mass is 291 g/mol. The predicted octanol–water partition coefficient (Wildman–Crippen LogP) is 4.18. The average molecular weight is 291 g/mol. The fourth-order valence-electron chi connectivity index (χ4n) is 1.41. The third kappa shape index (κ3) is 6.29. The Morgan fingerprint density at radius 2 is 1.80 bits per heavy atom. The Hall–Kier alpha value is -1.94. The van der Waals surface area contributed by atoms with Crippen LogP contribution in [0.1, 0.15) is 38.1 Å². The van der Waals surface area contributed by atoms with Crippen LogP contribution in [0.3, 0.4) is 0 Å². The molecule has 1 aromatic carbocycles. The topological polar surface area (TPSA) is 60.2 Å². The molecular formula is C16H21NO2S. The number of ketones is 1. The molecule has 0 aliphatic carbocycles. The molecule has 1 aromatic heterocycles. The van der Waals surface area contributed by atoms with Crippen LogP contribution in [0, 0.1) is 0 Å². The van der Waals surface area contributed by atoms with Crippen LogP contribution in [0.5, 0.6) is 0 Å². The number of carbonyl (C=O) groups is 2. The van der Waals surface area contributed by atoms with E-state index in [1.807, 2.05) is 43.5 Å². The third-order valence-electron chi connectivity index (χ3n) is 2.07. The predicted molar refractivity (Wildman–Crippen MR) is 87.2 cm³/mol. The molecule has 0 unspecified atom stereocenters. The molecular weight excluding hydrogens is 270 g/mol. The van der Waals surface area contributed by atoms with E-state index in [9.17, 15) is 9.59 Å². The Labute approximate surface area is 124 Å². The highest BCUT2D eigenvalue weighted by Gasteiger charge is 1.99. The van der Waals surface area contributed by atoms with Gasteiger partial charge in [0.15, 0.2) is 12.1 Å². The second kappa shape index (κ2) is 9.92. The molecule has 108 valence electrons. The number of benzene rings is 1. The Morgan fingerprint density at radius 3 is 2.25 bits per heavy atom. The maximum Gasteiger partial charge on any atom is 0.154 e. The summed E-state index contributed by atoms with van der Waals surface area (Å²) >= 11 is 1.61. The van der Waals surface area contributed by atoms with Gasteiger partial charge in [0.25, 0.3) is 0 Å². The van der Waals surface area contributed by atoms with E-state index in [0.29, 0.717) is 5.70 Å². The minimum atomic E-state index is 0.000000000000000444. The van der Waals surface area contributed by atoms with E-state index in [4.69, 9.17) is 5.73 Å². The smallest absolute Gasteiger partial charge is 0.154 e. The molecule has 0 saturated heterocycles. The number of carbonyl (C=O) groups excluding carboxylic acids is 2. The quantitative estimate of drug-likeness (QED) is 0.667. The first kappa shape index (κ1) is 18.1. The van der Waals surface area contributed by atoms with Crippen molar-refractivity contribution >= 4 is 33.5 Å². The molecule has 3 nitrogen and oxygen atoms in total. The Balaban J connectivity index is 0.000000352. The highest BCUT2D eigenvalue weighted by molar-refractivity contribution is 7.17. The molecule has 0 aliphatic heterocycles. The summed E-state index contributed by atoms with van der Waals surface area (Å²) in [4.78, 5) is 20.6. The van der Waals surface area contributed by atoms with Crippen molar-refractivity contribution in [1.82, 2.24) is 0 Å². The van der Waals surface area contributed by atoms with Crippen LogP contribution in [0.25, 0.3) is 10.1 Å². The van der Waals surface area contributed by atoms with Crippen molar-refractivity contribution in [1.29, 1.82) is 0 Å². The van der Waals surface area contributed by atoms with Gasteiger partial charge in [-0.1, -0.05) is 32.0 Å². The van der Waals surface area contributed by atoms with E-state index < -0.39 is 0 Å². The van der Waals surface area contributed by atoms with Crippen molar-refractivity contribution < 1.29 is 9.59 Å². The summed E-state index contributed by atoms with van der Waals surface area (Å²) in [6.07, 6.45) is 2.29. The van der Waals surface area contributed by atoms with E-state index in [0.717, 1.165) is 17.2 Å². The minimum Gasteiger partial charge on any atom is -0.402 e. The molecule has 0 bridgehead atoms. The van der Waals surface area contributed by atoms with Crippen molar-refractivity contribution in [2.24, 2.45) is 5.73 Å². The van der Waals surface area contributed by atoms with E-state index in [1.165, 1.54) is 17.7 Å². The lowest BCUT2D eigenvalue weighted by Gasteiger charge is -1.86. The standard InChI is InChI=1S/C9H6OS.C5H9NO.C2H6/c10-5-7-6-11-9-4-2-1-3-8(7)9;1-4(6)3-5(2)7;1-2/h1-6H;3H,6H2,1-2H3;1-2H3/b;4-3+;. The number of fused-ring (bicyclic) bond motifs is 1. The minimum absolute atomic E-state index is 0.000000000000000444. The largest absolute Gasteiger partial charge is 0.402 e. The number of hydrogen-bond acceptors (Lipinski definition) is 4. The molecule has 2 N–H and O–H groups in total. The third-order valence-corrected chi connectivity index (χ3v) is 3.05. The van der Waals surface area contributed by atoms with Crippen molar-refractivity contribution in [2.75, 3.05) is 0 Å². The molecule has 0 spiro atoms.